The third-order valence-electron chi connectivity index (χ3n) is 3.77. The molecule has 0 radical (unpaired) electrons. The molecule has 1 aromatic rings. The number of nitrogens with zero attached hydrogens (tertiary/aromatic N) is 1. The van der Waals surface area contributed by atoms with Crippen LogP contribution in [-0.4, -0.2) is 36.6 Å². The molecule has 20 heavy (non-hydrogen) atoms. The van der Waals surface area contributed by atoms with Crippen molar-refractivity contribution in [2.45, 2.75) is 38.6 Å². The van der Waals surface area contributed by atoms with Gasteiger partial charge in [0.1, 0.15) is 0 Å². The molecule has 0 bridgehead atoms. The van der Waals surface area contributed by atoms with Crippen LogP contribution < -0.4 is 10.7 Å². The molecule has 1 aromatic carbocycles. The number of hydrogen-bond acceptors (Lipinski definition) is 3. The van der Waals surface area contributed by atoms with E-state index >= 15 is 0 Å². The molecule has 0 aromatic heterocycles. The van der Waals surface area contributed by atoms with Crippen molar-refractivity contribution in [1.29, 1.82) is 0 Å². The SMILES string of the molecule is CCC(=O)NC1CCN(NCCc2ccccc2)CC1. The summed E-state index contributed by atoms with van der Waals surface area (Å²) < 4.78 is 0. The maximum absolute atomic E-state index is 11.4. The minimum absolute atomic E-state index is 0.167. The molecule has 1 amide bonds. The molecular weight excluding hydrogens is 250 g/mol. The van der Waals surface area contributed by atoms with E-state index in [4.69, 9.17) is 0 Å². The highest BCUT2D eigenvalue weighted by atomic mass is 16.1. The summed E-state index contributed by atoms with van der Waals surface area (Å²) in [5.41, 5.74) is 4.84. The highest BCUT2D eigenvalue weighted by molar-refractivity contribution is 5.75. The standard InChI is InChI=1S/C16H25N3O/c1-2-16(20)18-15-9-12-19(13-10-15)17-11-8-14-6-4-3-5-7-14/h3-7,15,17H,2,8-13H2,1H3,(H,18,20). The fraction of sp³-hybridized carbons (Fsp3) is 0.562. The first-order valence-electron chi connectivity index (χ1n) is 7.59. The second kappa shape index (κ2) is 8.02. The van der Waals surface area contributed by atoms with Gasteiger partial charge in [-0.1, -0.05) is 37.3 Å². The van der Waals surface area contributed by atoms with Gasteiger partial charge in [-0.2, -0.15) is 0 Å². The predicted octanol–water partition coefficient (Wildman–Crippen LogP) is 1.72. The fourth-order valence-electron chi connectivity index (χ4n) is 2.51. The van der Waals surface area contributed by atoms with Gasteiger partial charge in [0.2, 0.25) is 5.91 Å². The number of hydrogen-bond donors (Lipinski definition) is 2. The predicted molar refractivity (Wildman–Crippen MR) is 81.2 cm³/mol. The second-order valence-electron chi connectivity index (χ2n) is 5.33. The largest absolute Gasteiger partial charge is 0.353 e. The molecule has 1 aliphatic heterocycles. The van der Waals surface area contributed by atoms with Crippen molar-refractivity contribution in [3.05, 3.63) is 35.9 Å². The zero-order chi connectivity index (χ0) is 14.2. The van der Waals surface area contributed by atoms with E-state index < -0.39 is 0 Å². The van der Waals surface area contributed by atoms with Crippen LogP contribution in [0.15, 0.2) is 30.3 Å². The van der Waals surface area contributed by atoms with Crippen LogP contribution in [0.2, 0.25) is 0 Å². The molecule has 4 nitrogen and oxygen atoms in total. The van der Waals surface area contributed by atoms with Crippen LogP contribution >= 0.6 is 0 Å². The molecule has 0 atom stereocenters. The van der Waals surface area contributed by atoms with Crippen LogP contribution in [0.4, 0.5) is 0 Å². The summed E-state index contributed by atoms with van der Waals surface area (Å²) >= 11 is 0. The van der Waals surface area contributed by atoms with Gasteiger partial charge in [0.15, 0.2) is 0 Å². The lowest BCUT2D eigenvalue weighted by atomic mass is 10.1. The quantitative estimate of drug-likeness (QED) is 0.831. The Morgan fingerprint density at radius 3 is 2.60 bits per heavy atom. The first-order chi connectivity index (χ1) is 9.78. The molecule has 1 fully saturated rings. The monoisotopic (exact) mass is 275 g/mol. The Hall–Kier alpha value is -1.39. The van der Waals surface area contributed by atoms with E-state index in [1.165, 1.54) is 5.56 Å². The maximum atomic E-state index is 11.4. The second-order valence-corrected chi connectivity index (χ2v) is 5.33. The Labute approximate surface area is 121 Å². The van der Waals surface area contributed by atoms with E-state index in [1.54, 1.807) is 0 Å². The number of piperidine rings is 1. The average Bonchev–Trinajstić information content (AvgIpc) is 2.50. The van der Waals surface area contributed by atoms with Crippen LogP contribution in [0, 0.1) is 0 Å². The van der Waals surface area contributed by atoms with Crippen molar-refractivity contribution in [1.82, 2.24) is 15.8 Å². The molecule has 0 spiro atoms. The zero-order valence-electron chi connectivity index (χ0n) is 12.3. The molecule has 4 heteroatoms. The van der Waals surface area contributed by atoms with E-state index in [-0.39, 0.29) is 5.91 Å². The summed E-state index contributed by atoms with van der Waals surface area (Å²) in [4.78, 5) is 11.4. The van der Waals surface area contributed by atoms with Crippen LogP contribution in [-0.2, 0) is 11.2 Å². The number of nitrogens with one attached hydrogen (secondary N) is 2. The number of carbonyl (C=O) groups excluding carboxylic acids is 1. The van der Waals surface area contributed by atoms with Gasteiger partial charge in [-0.3, -0.25) is 10.2 Å². The lowest BCUT2D eigenvalue weighted by Crippen LogP contribution is -2.49. The molecule has 0 aliphatic carbocycles. The smallest absolute Gasteiger partial charge is 0.219 e. The number of hydrazine groups is 1. The molecule has 1 saturated heterocycles. The van der Waals surface area contributed by atoms with Gasteiger partial charge >= 0.3 is 0 Å². The van der Waals surface area contributed by atoms with Gasteiger partial charge < -0.3 is 5.32 Å². The molecule has 2 rings (SSSR count). The van der Waals surface area contributed by atoms with Gasteiger partial charge in [0.25, 0.3) is 0 Å². The summed E-state index contributed by atoms with van der Waals surface area (Å²) in [6.07, 6.45) is 3.69. The molecule has 1 aliphatic rings. The lowest BCUT2D eigenvalue weighted by Gasteiger charge is -2.32. The van der Waals surface area contributed by atoms with Crippen molar-refractivity contribution in [3.8, 4) is 0 Å². The highest BCUT2D eigenvalue weighted by Crippen LogP contribution is 2.08. The van der Waals surface area contributed by atoms with Crippen molar-refractivity contribution in [3.63, 3.8) is 0 Å². The maximum Gasteiger partial charge on any atom is 0.219 e. The summed E-state index contributed by atoms with van der Waals surface area (Å²) in [5.74, 6) is 0.167. The molecule has 2 N–H and O–H groups in total. The highest BCUT2D eigenvalue weighted by Gasteiger charge is 2.19. The first kappa shape index (κ1) is 15.0. The van der Waals surface area contributed by atoms with Gasteiger partial charge in [-0.25, -0.2) is 5.01 Å². The summed E-state index contributed by atoms with van der Waals surface area (Å²) in [6.45, 7) is 4.87. The Morgan fingerprint density at radius 2 is 1.95 bits per heavy atom. The lowest BCUT2D eigenvalue weighted by molar-refractivity contribution is -0.121. The summed E-state index contributed by atoms with van der Waals surface area (Å²) in [6, 6.07) is 10.9. The summed E-state index contributed by atoms with van der Waals surface area (Å²) in [5, 5.41) is 5.35. The number of benzene rings is 1. The van der Waals surface area contributed by atoms with Crippen molar-refractivity contribution < 1.29 is 4.79 Å². The minimum Gasteiger partial charge on any atom is -0.353 e. The van der Waals surface area contributed by atoms with Crippen LogP contribution in [0.3, 0.4) is 0 Å². The van der Waals surface area contributed by atoms with E-state index in [0.717, 1.165) is 38.9 Å². The Bertz CT molecular complexity index is 399. The molecule has 0 unspecified atom stereocenters. The van der Waals surface area contributed by atoms with Crippen LogP contribution in [0.1, 0.15) is 31.7 Å². The molecular formula is C16H25N3O. The van der Waals surface area contributed by atoms with E-state index in [0.29, 0.717) is 12.5 Å². The third-order valence-corrected chi connectivity index (χ3v) is 3.77. The fourth-order valence-corrected chi connectivity index (χ4v) is 2.51. The Morgan fingerprint density at radius 1 is 1.25 bits per heavy atom. The molecule has 0 saturated carbocycles. The normalized spacial score (nSPS) is 17.1. The van der Waals surface area contributed by atoms with Gasteiger partial charge in [-0.05, 0) is 24.8 Å². The van der Waals surface area contributed by atoms with Crippen LogP contribution in [0.5, 0.6) is 0 Å². The van der Waals surface area contributed by atoms with Gasteiger partial charge in [0, 0.05) is 32.1 Å². The third kappa shape index (κ3) is 4.94. The van der Waals surface area contributed by atoms with Gasteiger partial charge in [0.05, 0.1) is 0 Å². The topological polar surface area (TPSA) is 44.4 Å². The number of amides is 1. The zero-order valence-corrected chi connectivity index (χ0v) is 12.3. The van der Waals surface area contributed by atoms with Crippen LogP contribution in [0.25, 0.3) is 0 Å². The first-order valence-corrected chi connectivity index (χ1v) is 7.59. The van der Waals surface area contributed by atoms with Gasteiger partial charge in [-0.15, -0.1) is 0 Å². The van der Waals surface area contributed by atoms with Crippen molar-refractivity contribution >= 4 is 5.91 Å². The summed E-state index contributed by atoms with van der Waals surface area (Å²) in [7, 11) is 0. The minimum atomic E-state index is 0.167. The van der Waals surface area contributed by atoms with E-state index in [9.17, 15) is 4.79 Å². The van der Waals surface area contributed by atoms with Crippen molar-refractivity contribution in [2.24, 2.45) is 0 Å². The average molecular weight is 275 g/mol. The van der Waals surface area contributed by atoms with E-state index in [2.05, 4.69) is 40.0 Å². The Balaban J connectivity index is 1.61. The molecule has 1 heterocycles. The number of rotatable bonds is 6. The Kier molecular flexibility index (Phi) is 6.02. The van der Waals surface area contributed by atoms with E-state index in [1.807, 2.05) is 13.0 Å². The number of carbonyl (C=O) groups is 1. The van der Waals surface area contributed by atoms with Crippen molar-refractivity contribution in [2.75, 3.05) is 19.6 Å². The molecule has 110 valence electrons.